The lowest BCUT2D eigenvalue weighted by molar-refractivity contribution is -0.277. The van der Waals surface area contributed by atoms with Gasteiger partial charge >= 0.3 is 0 Å². The summed E-state index contributed by atoms with van der Waals surface area (Å²) >= 11 is 0. The van der Waals surface area contributed by atoms with E-state index in [1.54, 1.807) is 30.3 Å². The summed E-state index contributed by atoms with van der Waals surface area (Å²) in [7, 11) is 0. The molecule has 0 unspecified atom stereocenters. The van der Waals surface area contributed by atoms with Crippen LogP contribution in [0, 0.1) is 0 Å². The standard InChI is InChI=1S/C19H28O10/c20-8-12-15(23)16(24)13(21)10(28-12)6-7-11-14(22)17(25)18(26)19(29-11)27-9-4-2-1-3-5-9/h1-5,10-26H,6-8H2/t10-,11-,12-,13-,14-,15-,16-,17+,18+,19+/m1/s1. The smallest absolute Gasteiger partial charge is 0.229 e. The zero-order chi connectivity index (χ0) is 21.1. The maximum atomic E-state index is 10.3. The SMILES string of the molecule is OC[C@H]1O[C@H](CC[C@H]2O[C@H](Oc3ccccc3)[C@@H](O)[C@@H](O)[C@@H]2O)[C@@H](O)[C@@H](O)[C@@H]1O. The topological polar surface area (TPSA) is 169 Å². The van der Waals surface area contributed by atoms with Crippen LogP contribution >= 0.6 is 0 Å². The Morgan fingerprint density at radius 2 is 1.17 bits per heavy atom. The van der Waals surface area contributed by atoms with Gasteiger partial charge in [-0.2, -0.15) is 0 Å². The highest BCUT2D eigenvalue weighted by Crippen LogP contribution is 2.29. The van der Waals surface area contributed by atoms with Gasteiger partial charge in [-0.15, -0.1) is 0 Å². The molecule has 3 rings (SSSR count). The van der Waals surface area contributed by atoms with E-state index in [0.29, 0.717) is 5.75 Å². The molecule has 2 fully saturated rings. The van der Waals surface area contributed by atoms with Gasteiger partial charge in [-0.1, -0.05) is 18.2 Å². The van der Waals surface area contributed by atoms with Gasteiger partial charge in [0.15, 0.2) is 0 Å². The molecule has 2 aliphatic rings. The number of hydrogen-bond donors (Lipinski definition) is 7. The fraction of sp³-hybridized carbons (Fsp3) is 0.684. The molecule has 0 saturated carbocycles. The molecule has 1 aromatic carbocycles. The van der Waals surface area contributed by atoms with Crippen LogP contribution in [0.3, 0.4) is 0 Å². The van der Waals surface area contributed by atoms with Gasteiger partial charge in [-0.25, -0.2) is 0 Å². The zero-order valence-corrected chi connectivity index (χ0v) is 15.6. The Bertz CT molecular complexity index is 629. The summed E-state index contributed by atoms with van der Waals surface area (Å²) in [6.07, 6.45) is -12.7. The van der Waals surface area contributed by atoms with Crippen molar-refractivity contribution in [1.82, 2.24) is 0 Å². The van der Waals surface area contributed by atoms with Crippen LogP contribution in [0.2, 0.25) is 0 Å². The highest BCUT2D eigenvalue weighted by Gasteiger charge is 2.47. The quantitative estimate of drug-likeness (QED) is 0.263. The number of benzene rings is 1. The van der Waals surface area contributed by atoms with Crippen LogP contribution < -0.4 is 4.74 Å². The average molecular weight is 416 g/mol. The van der Waals surface area contributed by atoms with Gasteiger partial charge in [0.1, 0.15) is 48.5 Å². The zero-order valence-electron chi connectivity index (χ0n) is 15.6. The molecule has 0 aromatic heterocycles. The minimum absolute atomic E-state index is 0.0856. The van der Waals surface area contributed by atoms with Crippen molar-refractivity contribution >= 4 is 0 Å². The molecule has 29 heavy (non-hydrogen) atoms. The average Bonchev–Trinajstić information content (AvgIpc) is 2.73. The highest BCUT2D eigenvalue weighted by atomic mass is 16.7. The van der Waals surface area contributed by atoms with Crippen molar-refractivity contribution in [2.75, 3.05) is 6.61 Å². The lowest BCUT2D eigenvalue weighted by Crippen LogP contribution is -2.60. The van der Waals surface area contributed by atoms with E-state index in [1.807, 2.05) is 0 Å². The summed E-state index contributed by atoms with van der Waals surface area (Å²) in [6.45, 7) is -0.540. The molecule has 2 saturated heterocycles. The lowest BCUT2D eigenvalue weighted by Gasteiger charge is -2.42. The number of aliphatic hydroxyl groups excluding tert-OH is 7. The van der Waals surface area contributed by atoms with Crippen LogP contribution in [0.4, 0.5) is 0 Å². The van der Waals surface area contributed by atoms with Crippen LogP contribution in [0.1, 0.15) is 12.8 Å². The van der Waals surface area contributed by atoms with Crippen LogP contribution in [0.15, 0.2) is 30.3 Å². The van der Waals surface area contributed by atoms with Gasteiger partial charge in [0.25, 0.3) is 0 Å². The van der Waals surface area contributed by atoms with Crippen LogP contribution in [0.25, 0.3) is 0 Å². The third-order valence-electron chi connectivity index (χ3n) is 5.39. The van der Waals surface area contributed by atoms with Crippen molar-refractivity contribution in [3.8, 4) is 5.75 Å². The van der Waals surface area contributed by atoms with Crippen molar-refractivity contribution in [3.05, 3.63) is 30.3 Å². The molecule has 7 N–H and O–H groups in total. The third-order valence-corrected chi connectivity index (χ3v) is 5.39. The molecule has 2 aliphatic heterocycles. The van der Waals surface area contributed by atoms with E-state index in [9.17, 15) is 35.7 Å². The molecule has 10 heteroatoms. The third kappa shape index (κ3) is 4.88. The second-order valence-electron chi connectivity index (χ2n) is 7.39. The largest absolute Gasteiger partial charge is 0.462 e. The van der Waals surface area contributed by atoms with E-state index in [0.717, 1.165) is 0 Å². The molecule has 0 radical (unpaired) electrons. The molecule has 0 spiro atoms. The molecule has 10 nitrogen and oxygen atoms in total. The molecule has 0 amide bonds. The van der Waals surface area contributed by atoms with Gasteiger partial charge < -0.3 is 50.0 Å². The van der Waals surface area contributed by atoms with Crippen molar-refractivity contribution in [2.24, 2.45) is 0 Å². The Labute approximate surface area is 167 Å². The fourth-order valence-corrected chi connectivity index (χ4v) is 3.63. The van der Waals surface area contributed by atoms with Crippen molar-refractivity contribution in [3.63, 3.8) is 0 Å². The van der Waals surface area contributed by atoms with E-state index >= 15 is 0 Å². The van der Waals surface area contributed by atoms with Crippen LogP contribution in [-0.4, -0.2) is 104 Å². The number of aliphatic hydroxyl groups is 7. The van der Waals surface area contributed by atoms with Gasteiger partial charge in [0, 0.05) is 0 Å². The molecule has 1 aromatic rings. The van der Waals surface area contributed by atoms with E-state index in [4.69, 9.17) is 14.2 Å². The first kappa shape index (κ1) is 22.3. The minimum atomic E-state index is -1.52. The van der Waals surface area contributed by atoms with E-state index in [1.165, 1.54) is 0 Å². The van der Waals surface area contributed by atoms with E-state index in [2.05, 4.69) is 0 Å². The van der Waals surface area contributed by atoms with Crippen molar-refractivity contribution in [1.29, 1.82) is 0 Å². The highest BCUT2D eigenvalue weighted by molar-refractivity contribution is 5.21. The second kappa shape index (κ2) is 9.65. The predicted octanol–water partition coefficient (Wildman–Crippen LogP) is -2.50. The van der Waals surface area contributed by atoms with Crippen LogP contribution in [0.5, 0.6) is 5.75 Å². The predicted molar refractivity (Wildman–Crippen MR) is 96.8 cm³/mol. The Morgan fingerprint density at radius 1 is 0.655 bits per heavy atom. The van der Waals surface area contributed by atoms with E-state index < -0.39 is 67.8 Å². The van der Waals surface area contributed by atoms with E-state index in [-0.39, 0.29) is 12.8 Å². The summed E-state index contributed by atoms with van der Waals surface area (Å²) in [5.74, 6) is 0.410. The summed E-state index contributed by atoms with van der Waals surface area (Å²) in [5.41, 5.74) is 0. The van der Waals surface area contributed by atoms with Crippen LogP contribution in [-0.2, 0) is 9.47 Å². The van der Waals surface area contributed by atoms with Crippen molar-refractivity contribution < 1.29 is 50.0 Å². The number of hydrogen-bond acceptors (Lipinski definition) is 10. The van der Waals surface area contributed by atoms with Gasteiger partial charge in [-0.05, 0) is 25.0 Å². The van der Waals surface area contributed by atoms with Gasteiger partial charge in [0.2, 0.25) is 6.29 Å². The Kier molecular flexibility index (Phi) is 7.43. The molecular formula is C19H28O10. The minimum Gasteiger partial charge on any atom is -0.462 e. The molecule has 2 heterocycles. The summed E-state index contributed by atoms with van der Waals surface area (Å²) in [4.78, 5) is 0. The summed E-state index contributed by atoms with van der Waals surface area (Å²) < 4.78 is 16.6. The molecular weight excluding hydrogens is 388 g/mol. The van der Waals surface area contributed by atoms with Crippen molar-refractivity contribution in [2.45, 2.75) is 74.1 Å². The normalized spacial score (nSPS) is 43.1. The molecule has 164 valence electrons. The summed E-state index contributed by atoms with van der Waals surface area (Å²) in [6, 6.07) is 8.54. The molecule has 0 bridgehead atoms. The second-order valence-corrected chi connectivity index (χ2v) is 7.39. The maximum Gasteiger partial charge on any atom is 0.229 e. The summed E-state index contributed by atoms with van der Waals surface area (Å²) in [5, 5.41) is 69.7. The Morgan fingerprint density at radius 3 is 1.76 bits per heavy atom. The number of para-hydroxylation sites is 1. The first-order valence-corrected chi connectivity index (χ1v) is 9.55. The first-order chi connectivity index (χ1) is 13.8. The number of rotatable bonds is 6. The molecule has 10 atom stereocenters. The lowest BCUT2D eigenvalue weighted by atomic mass is 9.90. The fourth-order valence-electron chi connectivity index (χ4n) is 3.63. The maximum absolute atomic E-state index is 10.3. The first-order valence-electron chi connectivity index (χ1n) is 9.55. The Hall–Kier alpha value is -1.34. The van der Waals surface area contributed by atoms with Gasteiger partial charge in [0.05, 0.1) is 18.8 Å². The Balaban J connectivity index is 1.63. The van der Waals surface area contributed by atoms with Gasteiger partial charge in [-0.3, -0.25) is 0 Å². The monoisotopic (exact) mass is 416 g/mol. The number of ether oxygens (including phenoxy) is 3. The molecule has 0 aliphatic carbocycles.